The SMILES string of the molecule is C=CCN(CCOC)S(=O)(=O)c1cc(CN)n(CC)c1. The Morgan fingerprint density at radius 1 is 1.55 bits per heavy atom. The highest BCUT2D eigenvalue weighted by molar-refractivity contribution is 7.89. The van der Waals surface area contributed by atoms with Crippen molar-refractivity contribution in [3.63, 3.8) is 0 Å². The Morgan fingerprint density at radius 3 is 2.70 bits per heavy atom. The van der Waals surface area contributed by atoms with Crippen LogP contribution in [0, 0.1) is 0 Å². The molecule has 0 aliphatic heterocycles. The predicted molar refractivity (Wildman–Crippen MR) is 78.8 cm³/mol. The van der Waals surface area contributed by atoms with Crippen LogP contribution >= 0.6 is 0 Å². The van der Waals surface area contributed by atoms with Crippen molar-refractivity contribution < 1.29 is 13.2 Å². The van der Waals surface area contributed by atoms with Crippen LogP contribution in [-0.2, 0) is 27.8 Å². The van der Waals surface area contributed by atoms with Crippen molar-refractivity contribution in [3.8, 4) is 0 Å². The molecule has 7 heteroatoms. The number of aryl methyl sites for hydroxylation is 1. The molecule has 0 fully saturated rings. The first-order chi connectivity index (χ1) is 9.51. The van der Waals surface area contributed by atoms with Gasteiger partial charge in [0, 0.05) is 45.2 Å². The van der Waals surface area contributed by atoms with E-state index < -0.39 is 10.0 Å². The van der Waals surface area contributed by atoms with Crippen molar-refractivity contribution in [1.82, 2.24) is 8.87 Å². The summed E-state index contributed by atoms with van der Waals surface area (Å²) in [5.74, 6) is 0. The number of ether oxygens (including phenoxy) is 1. The molecule has 0 bridgehead atoms. The van der Waals surface area contributed by atoms with Crippen LogP contribution in [-0.4, -0.2) is 44.1 Å². The standard InChI is InChI=1S/C13H23N3O3S/c1-4-6-16(7-8-19-3)20(17,18)13-9-12(10-14)15(5-2)11-13/h4,9,11H,1,5-8,10,14H2,2-3H3. The van der Waals surface area contributed by atoms with E-state index >= 15 is 0 Å². The number of hydrogen-bond donors (Lipinski definition) is 1. The van der Waals surface area contributed by atoms with Crippen LogP contribution in [0.3, 0.4) is 0 Å². The van der Waals surface area contributed by atoms with Crippen molar-refractivity contribution in [2.24, 2.45) is 5.73 Å². The van der Waals surface area contributed by atoms with Gasteiger partial charge >= 0.3 is 0 Å². The van der Waals surface area contributed by atoms with Gasteiger partial charge in [-0.1, -0.05) is 6.08 Å². The minimum absolute atomic E-state index is 0.251. The van der Waals surface area contributed by atoms with Crippen molar-refractivity contribution in [2.45, 2.75) is 24.9 Å². The second-order valence-corrected chi connectivity index (χ2v) is 6.24. The second kappa shape index (κ2) is 7.58. The van der Waals surface area contributed by atoms with Crippen molar-refractivity contribution in [2.75, 3.05) is 26.8 Å². The predicted octanol–water partition coefficient (Wildman–Crippen LogP) is 0.790. The molecule has 6 nitrogen and oxygen atoms in total. The molecule has 1 heterocycles. The summed E-state index contributed by atoms with van der Waals surface area (Å²) >= 11 is 0. The van der Waals surface area contributed by atoms with Crippen LogP contribution in [0.2, 0.25) is 0 Å². The third-order valence-corrected chi connectivity index (χ3v) is 4.86. The summed E-state index contributed by atoms with van der Waals surface area (Å²) in [6, 6.07) is 1.63. The second-order valence-electron chi connectivity index (χ2n) is 4.30. The summed E-state index contributed by atoms with van der Waals surface area (Å²) in [6.07, 6.45) is 3.19. The van der Waals surface area contributed by atoms with E-state index in [1.807, 2.05) is 11.5 Å². The highest BCUT2D eigenvalue weighted by Gasteiger charge is 2.25. The molecular formula is C13H23N3O3S. The average molecular weight is 301 g/mol. The molecule has 0 saturated carbocycles. The highest BCUT2D eigenvalue weighted by atomic mass is 32.2. The third-order valence-electron chi connectivity index (χ3n) is 3.03. The van der Waals surface area contributed by atoms with Gasteiger partial charge in [0.15, 0.2) is 0 Å². The molecule has 0 unspecified atom stereocenters. The zero-order valence-electron chi connectivity index (χ0n) is 12.1. The zero-order chi connectivity index (χ0) is 15.2. The maximum atomic E-state index is 12.6. The molecule has 0 aliphatic carbocycles. The molecule has 0 aliphatic rings. The fraction of sp³-hybridized carbons (Fsp3) is 0.538. The van der Waals surface area contributed by atoms with Crippen LogP contribution < -0.4 is 5.73 Å². The molecular weight excluding hydrogens is 278 g/mol. The van der Waals surface area contributed by atoms with E-state index in [9.17, 15) is 8.42 Å². The lowest BCUT2D eigenvalue weighted by atomic mass is 10.4. The van der Waals surface area contributed by atoms with Gasteiger partial charge in [-0.15, -0.1) is 6.58 Å². The first kappa shape index (κ1) is 16.9. The number of nitrogens with zero attached hydrogens (tertiary/aromatic N) is 2. The lowest BCUT2D eigenvalue weighted by Gasteiger charge is -2.19. The number of sulfonamides is 1. The average Bonchev–Trinajstić information content (AvgIpc) is 2.87. The Labute approximate surface area is 120 Å². The Bertz CT molecular complexity index is 516. The number of hydrogen-bond acceptors (Lipinski definition) is 4. The first-order valence-corrected chi connectivity index (χ1v) is 7.94. The number of methoxy groups -OCH3 is 1. The summed E-state index contributed by atoms with van der Waals surface area (Å²) in [7, 11) is -2.01. The molecule has 0 spiro atoms. The van der Waals surface area contributed by atoms with E-state index in [4.69, 9.17) is 10.5 Å². The molecule has 20 heavy (non-hydrogen) atoms. The van der Waals surface area contributed by atoms with E-state index in [1.165, 1.54) is 4.31 Å². The molecule has 1 rings (SSSR count). The van der Waals surface area contributed by atoms with E-state index in [-0.39, 0.29) is 11.4 Å². The third kappa shape index (κ3) is 3.69. The molecule has 0 radical (unpaired) electrons. The lowest BCUT2D eigenvalue weighted by Crippen LogP contribution is -2.33. The van der Waals surface area contributed by atoms with Crippen LogP contribution in [0.15, 0.2) is 29.8 Å². The Hall–Kier alpha value is -1.15. The Morgan fingerprint density at radius 2 is 2.25 bits per heavy atom. The van der Waals surface area contributed by atoms with Gasteiger partial charge in [0.25, 0.3) is 0 Å². The highest BCUT2D eigenvalue weighted by Crippen LogP contribution is 2.19. The van der Waals surface area contributed by atoms with Gasteiger partial charge < -0.3 is 15.0 Å². The quantitative estimate of drug-likeness (QED) is 0.684. The van der Waals surface area contributed by atoms with Crippen LogP contribution in [0.25, 0.3) is 0 Å². The minimum Gasteiger partial charge on any atom is -0.383 e. The molecule has 0 saturated heterocycles. The van der Waals surface area contributed by atoms with Gasteiger partial charge in [-0.05, 0) is 13.0 Å². The molecule has 114 valence electrons. The fourth-order valence-electron chi connectivity index (χ4n) is 1.93. The zero-order valence-corrected chi connectivity index (χ0v) is 12.9. The van der Waals surface area contributed by atoms with Gasteiger partial charge in [0.1, 0.15) is 4.90 Å². The molecule has 2 N–H and O–H groups in total. The maximum Gasteiger partial charge on any atom is 0.244 e. The van der Waals surface area contributed by atoms with Gasteiger partial charge in [0.2, 0.25) is 10.0 Å². The van der Waals surface area contributed by atoms with Gasteiger partial charge in [0.05, 0.1) is 6.61 Å². The molecule has 0 atom stereocenters. The summed E-state index contributed by atoms with van der Waals surface area (Å²) in [6.45, 7) is 7.42. The summed E-state index contributed by atoms with van der Waals surface area (Å²) in [5, 5.41) is 0. The normalized spacial score (nSPS) is 12.0. The van der Waals surface area contributed by atoms with E-state index in [2.05, 4.69) is 6.58 Å². The smallest absolute Gasteiger partial charge is 0.244 e. The summed E-state index contributed by atoms with van der Waals surface area (Å²) in [5.41, 5.74) is 6.43. The topological polar surface area (TPSA) is 77.6 Å². The number of aromatic nitrogens is 1. The number of rotatable bonds is 9. The fourth-order valence-corrected chi connectivity index (χ4v) is 3.39. The van der Waals surface area contributed by atoms with Crippen molar-refractivity contribution in [1.29, 1.82) is 0 Å². The largest absolute Gasteiger partial charge is 0.383 e. The minimum atomic E-state index is -3.55. The van der Waals surface area contributed by atoms with Crippen molar-refractivity contribution in [3.05, 3.63) is 30.6 Å². The summed E-state index contributed by atoms with van der Waals surface area (Å²) in [4.78, 5) is 0.262. The van der Waals surface area contributed by atoms with Crippen LogP contribution in [0.1, 0.15) is 12.6 Å². The number of nitrogens with two attached hydrogens (primary N) is 1. The Kier molecular flexibility index (Phi) is 6.41. The molecule has 1 aromatic heterocycles. The van der Waals surface area contributed by atoms with Gasteiger partial charge in [-0.2, -0.15) is 4.31 Å². The van der Waals surface area contributed by atoms with Crippen molar-refractivity contribution >= 4 is 10.0 Å². The van der Waals surface area contributed by atoms with Crippen LogP contribution in [0.4, 0.5) is 0 Å². The van der Waals surface area contributed by atoms with E-state index in [1.54, 1.807) is 25.4 Å². The lowest BCUT2D eigenvalue weighted by molar-refractivity contribution is 0.182. The monoisotopic (exact) mass is 301 g/mol. The molecule has 1 aromatic rings. The van der Waals surface area contributed by atoms with E-state index in [0.717, 1.165) is 5.69 Å². The van der Waals surface area contributed by atoms with Gasteiger partial charge in [-0.3, -0.25) is 0 Å². The summed E-state index contributed by atoms with van der Waals surface area (Å²) < 4.78 is 33.3. The van der Waals surface area contributed by atoms with Gasteiger partial charge in [-0.25, -0.2) is 8.42 Å². The molecule has 0 aromatic carbocycles. The first-order valence-electron chi connectivity index (χ1n) is 6.50. The molecule has 0 amide bonds. The van der Waals surface area contributed by atoms with E-state index in [0.29, 0.717) is 26.2 Å². The van der Waals surface area contributed by atoms with Crippen LogP contribution in [0.5, 0.6) is 0 Å². The Balaban J connectivity index is 3.11. The maximum absolute atomic E-state index is 12.6.